The topological polar surface area (TPSA) is 19.6 Å². The lowest BCUT2D eigenvalue weighted by atomic mass is 9.59. The number of hydrogen-bond acceptors (Lipinski definition) is 3. The smallest absolute Gasteiger partial charge is 0.159 e. The van der Waals surface area contributed by atoms with Gasteiger partial charge < -0.3 is 14.2 Å². The summed E-state index contributed by atoms with van der Waals surface area (Å²) in [6.45, 7) is 13.6. The molecular weight excluding hydrogens is 380 g/mol. The highest BCUT2D eigenvalue weighted by atomic mass is 16.3. The minimum absolute atomic E-state index is 0.0209. The second kappa shape index (κ2) is 6.53. The van der Waals surface area contributed by atoms with Gasteiger partial charge in [-0.15, -0.1) is 0 Å². The summed E-state index contributed by atoms with van der Waals surface area (Å²) < 4.78 is 6.51. The Morgan fingerprint density at radius 1 is 0.774 bits per heavy atom. The van der Waals surface area contributed by atoms with Crippen molar-refractivity contribution in [3.63, 3.8) is 0 Å². The second-order valence-electron chi connectivity index (χ2n) is 9.63. The highest BCUT2D eigenvalue weighted by molar-refractivity contribution is 6.11. The van der Waals surface area contributed by atoms with Crippen molar-refractivity contribution in [1.82, 2.24) is 0 Å². The number of furan rings is 1. The molecule has 0 fully saturated rings. The Hall–Kier alpha value is -2.94. The van der Waals surface area contributed by atoms with Gasteiger partial charge in [0, 0.05) is 28.7 Å². The highest BCUT2D eigenvalue weighted by Crippen LogP contribution is 2.62. The molecule has 0 radical (unpaired) electrons. The maximum atomic E-state index is 6.51. The summed E-state index contributed by atoms with van der Waals surface area (Å²) in [5.74, 6) is 0. The monoisotopic (exact) mass is 412 g/mol. The summed E-state index contributed by atoms with van der Waals surface area (Å²) in [4.78, 5) is 4.97. The van der Waals surface area contributed by atoms with Crippen molar-refractivity contribution in [2.24, 2.45) is 5.41 Å². The SMILES string of the molecule is CC.CN1c2ccccc2N2c3c(ccc4c3oc3ccccc34)C(C)(C)C(C)(C)C12. The van der Waals surface area contributed by atoms with E-state index >= 15 is 0 Å². The predicted octanol–water partition coefficient (Wildman–Crippen LogP) is 7.84. The van der Waals surface area contributed by atoms with E-state index in [4.69, 9.17) is 4.42 Å². The van der Waals surface area contributed by atoms with E-state index in [0.717, 1.165) is 11.2 Å². The van der Waals surface area contributed by atoms with E-state index in [0.29, 0.717) is 0 Å². The van der Waals surface area contributed by atoms with Crippen LogP contribution in [0.15, 0.2) is 65.1 Å². The van der Waals surface area contributed by atoms with Crippen LogP contribution in [0.1, 0.15) is 47.1 Å². The van der Waals surface area contributed by atoms with Crippen LogP contribution >= 0.6 is 0 Å². The van der Waals surface area contributed by atoms with Gasteiger partial charge in [0.15, 0.2) is 5.58 Å². The molecule has 2 aliphatic rings. The van der Waals surface area contributed by atoms with Crippen LogP contribution in [0.3, 0.4) is 0 Å². The molecule has 0 N–H and O–H groups in total. The molecule has 0 spiro atoms. The molecule has 3 heteroatoms. The summed E-state index contributed by atoms with van der Waals surface area (Å²) in [6, 6.07) is 21.7. The zero-order valence-corrected chi connectivity index (χ0v) is 19.7. The van der Waals surface area contributed by atoms with Gasteiger partial charge in [-0.05, 0) is 23.8 Å². The molecule has 0 aliphatic carbocycles. The standard InChI is InChI=1S/C26H26N2O.C2H6/c1-25(2)18-15-14-17-16-10-6-9-13-21(16)29-23(17)22(18)28-20-12-8-7-11-19(20)27(5)24(28)26(25,3)4;1-2/h6-15,24H,1-5H3;1-2H3. The molecule has 1 aromatic heterocycles. The van der Waals surface area contributed by atoms with Crippen molar-refractivity contribution in [3.05, 3.63) is 66.2 Å². The first-order valence-corrected chi connectivity index (χ1v) is 11.4. The third-order valence-electron chi connectivity index (χ3n) is 7.82. The zero-order valence-electron chi connectivity index (χ0n) is 19.7. The summed E-state index contributed by atoms with van der Waals surface area (Å²) in [5, 5.41) is 2.38. The molecule has 1 atom stereocenters. The summed E-state index contributed by atoms with van der Waals surface area (Å²) in [7, 11) is 2.23. The Labute approximate surface area is 185 Å². The van der Waals surface area contributed by atoms with Crippen molar-refractivity contribution in [2.75, 3.05) is 16.8 Å². The number of benzene rings is 3. The van der Waals surface area contributed by atoms with Crippen LogP contribution in [-0.2, 0) is 5.41 Å². The van der Waals surface area contributed by atoms with Gasteiger partial charge in [-0.3, -0.25) is 0 Å². The zero-order chi connectivity index (χ0) is 22.1. The number of nitrogens with zero attached hydrogens (tertiary/aromatic N) is 2. The molecule has 3 heterocycles. The first-order chi connectivity index (χ1) is 14.8. The van der Waals surface area contributed by atoms with Gasteiger partial charge in [0.2, 0.25) is 0 Å². The molecule has 0 bridgehead atoms. The Morgan fingerprint density at radius 2 is 1.42 bits per heavy atom. The number of anilines is 3. The predicted molar refractivity (Wildman–Crippen MR) is 133 cm³/mol. The molecule has 3 nitrogen and oxygen atoms in total. The van der Waals surface area contributed by atoms with E-state index in [9.17, 15) is 0 Å². The van der Waals surface area contributed by atoms with Crippen LogP contribution in [0.25, 0.3) is 21.9 Å². The normalized spacial score (nSPS) is 20.2. The fourth-order valence-corrected chi connectivity index (χ4v) is 5.64. The average Bonchev–Trinajstić information content (AvgIpc) is 3.30. The van der Waals surface area contributed by atoms with Gasteiger partial charge >= 0.3 is 0 Å². The summed E-state index contributed by atoms with van der Waals surface area (Å²) >= 11 is 0. The van der Waals surface area contributed by atoms with Crippen molar-refractivity contribution >= 4 is 39.0 Å². The maximum Gasteiger partial charge on any atom is 0.159 e. The Bertz CT molecular complexity index is 1300. The third-order valence-corrected chi connectivity index (χ3v) is 7.82. The molecule has 0 amide bonds. The van der Waals surface area contributed by atoms with Crippen molar-refractivity contribution in [1.29, 1.82) is 0 Å². The van der Waals surface area contributed by atoms with Gasteiger partial charge in [0.25, 0.3) is 0 Å². The van der Waals surface area contributed by atoms with Crippen molar-refractivity contribution in [2.45, 2.75) is 53.1 Å². The van der Waals surface area contributed by atoms with E-state index < -0.39 is 0 Å². The van der Waals surface area contributed by atoms with Crippen LogP contribution in [0, 0.1) is 5.41 Å². The first kappa shape index (κ1) is 20.0. The average molecular weight is 413 g/mol. The molecule has 4 aromatic rings. The van der Waals surface area contributed by atoms with Crippen LogP contribution in [0.5, 0.6) is 0 Å². The Balaban J connectivity index is 0.000000994. The van der Waals surface area contributed by atoms with E-state index in [-0.39, 0.29) is 17.0 Å². The molecule has 0 saturated heterocycles. The molecule has 6 rings (SSSR count). The quantitative estimate of drug-likeness (QED) is 0.293. The Kier molecular flexibility index (Phi) is 4.21. The molecule has 160 valence electrons. The van der Waals surface area contributed by atoms with E-state index in [1.807, 2.05) is 19.9 Å². The minimum atomic E-state index is -0.0209. The van der Waals surface area contributed by atoms with E-state index in [1.54, 1.807) is 0 Å². The van der Waals surface area contributed by atoms with Crippen LogP contribution < -0.4 is 9.80 Å². The Morgan fingerprint density at radius 3 is 2.16 bits per heavy atom. The number of rotatable bonds is 0. The molecule has 3 aromatic carbocycles. The van der Waals surface area contributed by atoms with Gasteiger partial charge in [-0.1, -0.05) is 84.0 Å². The molecule has 2 aliphatic heterocycles. The fourth-order valence-electron chi connectivity index (χ4n) is 5.64. The molecule has 1 unspecified atom stereocenters. The summed E-state index contributed by atoms with van der Waals surface area (Å²) in [5.41, 5.74) is 7.08. The van der Waals surface area contributed by atoms with Crippen LogP contribution in [0.2, 0.25) is 0 Å². The number of hydrogen-bond donors (Lipinski definition) is 0. The number of para-hydroxylation sites is 3. The highest BCUT2D eigenvalue weighted by Gasteiger charge is 2.57. The summed E-state index contributed by atoms with van der Waals surface area (Å²) in [6.07, 6.45) is 0.223. The molecule has 31 heavy (non-hydrogen) atoms. The lowest BCUT2D eigenvalue weighted by molar-refractivity contribution is 0.143. The van der Waals surface area contributed by atoms with Gasteiger partial charge in [0.1, 0.15) is 11.7 Å². The van der Waals surface area contributed by atoms with Gasteiger partial charge in [0.05, 0.1) is 17.1 Å². The maximum absolute atomic E-state index is 6.51. The lowest BCUT2D eigenvalue weighted by Gasteiger charge is -2.56. The lowest BCUT2D eigenvalue weighted by Crippen LogP contribution is -2.60. The van der Waals surface area contributed by atoms with Gasteiger partial charge in [-0.2, -0.15) is 0 Å². The first-order valence-electron chi connectivity index (χ1n) is 11.4. The number of fused-ring (bicyclic) bond motifs is 9. The minimum Gasteiger partial charge on any atom is -0.454 e. The van der Waals surface area contributed by atoms with E-state index in [1.165, 1.54) is 33.4 Å². The molecule has 0 saturated carbocycles. The van der Waals surface area contributed by atoms with Crippen LogP contribution in [-0.4, -0.2) is 13.2 Å². The van der Waals surface area contributed by atoms with Gasteiger partial charge in [-0.25, -0.2) is 0 Å². The van der Waals surface area contributed by atoms with Crippen LogP contribution in [0.4, 0.5) is 17.1 Å². The van der Waals surface area contributed by atoms with Crippen molar-refractivity contribution in [3.8, 4) is 0 Å². The van der Waals surface area contributed by atoms with E-state index in [2.05, 4.69) is 99.1 Å². The molecular formula is C28H32N2O. The fraction of sp³-hybridized carbons (Fsp3) is 0.357. The largest absolute Gasteiger partial charge is 0.454 e. The van der Waals surface area contributed by atoms with Crippen molar-refractivity contribution < 1.29 is 4.42 Å². The third kappa shape index (κ3) is 2.35. The second-order valence-corrected chi connectivity index (χ2v) is 9.63.